The van der Waals surface area contributed by atoms with Crippen molar-refractivity contribution in [2.24, 2.45) is 0 Å². The van der Waals surface area contributed by atoms with Crippen LogP contribution < -0.4 is 0 Å². The number of hydrogen-bond donors (Lipinski definition) is 1. The molecule has 0 radical (unpaired) electrons. The van der Waals surface area contributed by atoms with Crippen LogP contribution in [-0.2, 0) is 47.4 Å². The van der Waals surface area contributed by atoms with E-state index in [4.69, 9.17) is 52.5 Å². The molecular formula is C35H72O11. The average Bonchev–Trinajstić information content (AvgIpc) is 3.06. The van der Waals surface area contributed by atoms with Gasteiger partial charge >= 0.3 is 0 Å². The van der Waals surface area contributed by atoms with Gasteiger partial charge in [-0.3, -0.25) is 0 Å². The van der Waals surface area contributed by atoms with E-state index in [2.05, 4.69) is 13.8 Å². The van der Waals surface area contributed by atoms with Gasteiger partial charge in [-0.05, 0) is 27.2 Å². The molecule has 0 aromatic carbocycles. The highest BCUT2D eigenvalue weighted by Crippen LogP contribution is 2.10. The van der Waals surface area contributed by atoms with E-state index in [0.717, 1.165) is 13.0 Å². The Bertz CT molecular complexity index is 559. The van der Waals surface area contributed by atoms with E-state index >= 15 is 0 Å². The standard InChI is InChI=1S/C35H72O11/c1-5-6-7-8-9-10-11-12-13-14-16-43-30-33(2)45-32-35(4)46-31-34(3)44-29-28-42-27-26-41-25-24-40-23-22-39-21-20-38-19-18-37-17-15-36/h33-36H,5-32H2,1-4H3. The smallest absolute Gasteiger partial charge is 0.0781 e. The lowest BCUT2D eigenvalue weighted by molar-refractivity contribution is -0.0854. The lowest BCUT2D eigenvalue weighted by Gasteiger charge is -2.20. The van der Waals surface area contributed by atoms with E-state index in [-0.39, 0.29) is 24.9 Å². The van der Waals surface area contributed by atoms with E-state index in [9.17, 15) is 0 Å². The minimum atomic E-state index is -0.0187. The maximum atomic E-state index is 8.59. The summed E-state index contributed by atoms with van der Waals surface area (Å²) in [6, 6.07) is 0. The summed E-state index contributed by atoms with van der Waals surface area (Å²) < 4.78 is 55.7. The quantitative estimate of drug-likeness (QED) is 0.0867. The van der Waals surface area contributed by atoms with Gasteiger partial charge in [0.2, 0.25) is 0 Å². The summed E-state index contributed by atoms with van der Waals surface area (Å²) in [5.74, 6) is 0. The van der Waals surface area contributed by atoms with E-state index in [1.165, 1.54) is 57.8 Å². The Morgan fingerprint density at radius 2 is 0.696 bits per heavy atom. The first-order valence-electron chi connectivity index (χ1n) is 18.1. The summed E-state index contributed by atoms with van der Waals surface area (Å²) in [6.45, 7) is 17.3. The maximum Gasteiger partial charge on any atom is 0.0781 e. The Labute approximate surface area is 281 Å². The van der Waals surface area contributed by atoms with Crippen molar-refractivity contribution < 1.29 is 52.5 Å². The van der Waals surface area contributed by atoms with Crippen molar-refractivity contribution in [2.75, 3.05) is 119 Å². The molecule has 0 bridgehead atoms. The van der Waals surface area contributed by atoms with Crippen LogP contribution in [0.15, 0.2) is 0 Å². The topological polar surface area (TPSA) is 113 Å². The predicted molar refractivity (Wildman–Crippen MR) is 181 cm³/mol. The summed E-state index contributed by atoms with van der Waals surface area (Å²) in [4.78, 5) is 0. The molecule has 0 spiro atoms. The molecule has 0 aromatic heterocycles. The SMILES string of the molecule is CCCCCCCCCCCCOCC(C)OCC(C)OCC(C)OCCOCCOCCOCCOCCOCCOCCO. The van der Waals surface area contributed by atoms with Gasteiger partial charge in [0.15, 0.2) is 0 Å². The van der Waals surface area contributed by atoms with Crippen LogP contribution in [0.3, 0.4) is 0 Å². The Morgan fingerprint density at radius 3 is 1.13 bits per heavy atom. The largest absolute Gasteiger partial charge is 0.394 e. The number of aliphatic hydroxyl groups excluding tert-OH is 1. The van der Waals surface area contributed by atoms with Crippen LogP contribution in [0.1, 0.15) is 91.9 Å². The predicted octanol–water partition coefficient (Wildman–Crippen LogP) is 5.23. The van der Waals surface area contributed by atoms with Crippen molar-refractivity contribution in [3.8, 4) is 0 Å². The number of rotatable bonds is 40. The third kappa shape index (κ3) is 38.0. The fourth-order valence-corrected chi connectivity index (χ4v) is 4.26. The molecule has 0 aliphatic heterocycles. The second-order valence-electron chi connectivity index (χ2n) is 11.6. The second-order valence-corrected chi connectivity index (χ2v) is 11.6. The highest BCUT2D eigenvalue weighted by atomic mass is 16.6. The van der Waals surface area contributed by atoms with Gasteiger partial charge in [-0.15, -0.1) is 0 Å². The average molecular weight is 669 g/mol. The molecular weight excluding hydrogens is 596 g/mol. The van der Waals surface area contributed by atoms with E-state index in [0.29, 0.717) is 106 Å². The molecule has 0 heterocycles. The highest BCUT2D eigenvalue weighted by Gasteiger charge is 2.10. The maximum absolute atomic E-state index is 8.59. The minimum absolute atomic E-state index is 0.00518. The summed E-state index contributed by atoms with van der Waals surface area (Å²) in [6.07, 6.45) is 13.4. The molecule has 278 valence electrons. The lowest BCUT2D eigenvalue weighted by Crippen LogP contribution is -2.27. The molecule has 0 aromatic rings. The zero-order valence-corrected chi connectivity index (χ0v) is 30.1. The summed E-state index contributed by atoms with van der Waals surface area (Å²) >= 11 is 0. The number of hydrogen-bond acceptors (Lipinski definition) is 11. The molecule has 3 atom stereocenters. The van der Waals surface area contributed by atoms with Crippen molar-refractivity contribution in [1.29, 1.82) is 0 Å². The van der Waals surface area contributed by atoms with Crippen molar-refractivity contribution in [2.45, 2.75) is 110 Å². The van der Waals surface area contributed by atoms with Gasteiger partial charge in [-0.25, -0.2) is 0 Å². The van der Waals surface area contributed by atoms with Crippen LogP contribution in [0, 0.1) is 0 Å². The van der Waals surface area contributed by atoms with Crippen LogP contribution in [0.4, 0.5) is 0 Å². The van der Waals surface area contributed by atoms with Crippen molar-refractivity contribution >= 4 is 0 Å². The first-order valence-corrected chi connectivity index (χ1v) is 18.1. The van der Waals surface area contributed by atoms with Gasteiger partial charge in [0, 0.05) is 6.61 Å². The zero-order chi connectivity index (χ0) is 33.6. The molecule has 0 saturated carbocycles. The van der Waals surface area contributed by atoms with Crippen LogP contribution in [0.5, 0.6) is 0 Å². The molecule has 11 heteroatoms. The second kappa shape index (κ2) is 39.0. The molecule has 0 fully saturated rings. The third-order valence-corrected chi connectivity index (χ3v) is 6.95. The van der Waals surface area contributed by atoms with Crippen molar-refractivity contribution in [3.63, 3.8) is 0 Å². The first kappa shape index (κ1) is 45.6. The number of aliphatic hydroxyl groups is 1. The van der Waals surface area contributed by atoms with E-state index in [1.807, 2.05) is 13.8 Å². The van der Waals surface area contributed by atoms with Gasteiger partial charge < -0.3 is 52.5 Å². The van der Waals surface area contributed by atoms with Gasteiger partial charge in [-0.2, -0.15) is 0 Å². The van der Waals surface area contributed by atoms with Crippen molar-refractivity contribution in [1.82, 2.24) is 0 Å². The van der Waals surface area contributed by atoms with Gasteiger partial charge in [0.1, 0.15) is 0 Å². The molecule has 0 rings (SSSR count). The number of unbranched alkanes of at least 4 members (excludes halogenated alkanes) is 9. The third-order valence-electron chi connectivity index (χ3n) is 6.95. The molecule has 0 aliphatic rings. The normalized spacial score (nSPS) is 13.8. The van der Waals surface area contributed by atoms with Gasteiger partial charge in [-0.1, -0.05) is 64.7 Å². The lowest BCUT2D eigenvalue weighted by atomic mass is 10.1. The molecule has 46 heavy (non-hydrogen) atoms. The minimum Gasteiger partial charge on any atom is -0.394 e. The van der Waals surface area contributed by atoms with Gasteiger partial charge in [0.05, 0.1) is 131 Å². The Kier molecular flexibility index (Phi) is 38.6. The Morgan fingerprint density at radius 1 is 0.348 bits per heavy atom. The van der Waals surface area contributed by atoms with Gasteiger partial charge in [0.25, 0.3) is 0 Å². The fourth-order valence-electron chi connectivity index (χ4n) is 4.26. The number of ether oxygens (including phenoxy) is 10. The van der Waals surface area contributed by atoms with Crippen molar-refractivity contribution in [3.05, 3.63) is 0 Å². The monoisotopic (exact) mass is 669 g/mol. The molecule has 0 amide bonds. The molecule has 3 unspecified atom stereocenters. The first-order chi connectivity index (χ1) is 22.6. The molecule has 11 nitrogen and oxygen atoms in total. The molecule has 0 saturated heterocycles. The Hall–Kier alpha value is -0.440. The summed E-state index contributed by atoms with van der Waals surface area (Å²) in [5.41, 5.74) is 0. The van der Waals surface area contributed by atoms with E-state index < -0.39 is 0 Å². The van der Waals surface area contributed by atoms with E-state index in [1.54, 1.807) is 0 Å². The molecule has 1 N–H and O–H groups in total. The molecule has 0 aliphatic carbocycles. The van der Waals surface area contributed by atoms with Crippen LogP contribution >= 0.6 is 0 Å². The fraction of sp³-hybridized carbons (Fsp3) is 1.00. The highest BCUT2D eigenvalue weighted by molar-refractivity contribution is 4.56. The zero-order valence-electron chi connectivity index (χ0n) is 30.1. The Balaban J connectivity index is 3.34. The summed E-state index contributed by atoms with van der Waals surface area (Å²) in [7, 11) is 0. The summed E-state index contributed by atoms with van der Waals surface area (Å²) in [5, 5.41) is 8.59. The van der Waals surface area contributed by atoms with Crippen LogP contribution in [-0.4, -0.2) is 142 Å². The van der Waals surface area contributed by atoms with Crippen LogP contribution in [0.2, 0.25) is 0 Å². The van der Waals surface area contributed by atoms with Crippen LogP contribution in [0.25, 0.3) is 0 Å².